The molecule has 0 bridgehead atoms. The summed E-state index contributed by atoms with van der Waals surface area (Å²) in [6, 6.07) is -1.09. The van der Waals surface area contributed by atoms with E-state index < -0.39 is 12.0 Å². The van der Waals surface area contributed by atoms with Gasteiger partial charge in [-0.1, -0.05) is 6.92 Å². The van der Waals surface area contributed by atoms with Gasteiger partial charge in [0.05, 0.1) is 12.0 Å². The first-order chi connectivity index (χ1) is 10.0. The lowest BCUT2D eigenvalue weighted by Crippen LogP contribution is -2.56. The number of carbonyl (C=O) groups excluding carboxylic acids is 2. The maximum Gasteiger partial charge on any atom is 0.326 e. The molecule has 0 saturated carbocycles. The highest BCUT2D eigenvalue weighted by Gasteiger charge is 2.47. The number of carboxylic acids is 1. The molecule has 2 N–H and O–H groups in total. The minimum absolute atomic E-state index is 0.0158. The molecule has 3 rings (SSSR count). The molecule has 0 aromatic carbocycles. The molecular weight excluding hydrogens is 274 g/mol. The molecule has 0 aliphatic carbocycles. The zero-order chi connectivity index (χ0) is 15.1. The molecule has 7 heteroatoms. The number of rotatable bonds is 1. The fraction of sp³-hybridized carbons (Fsp3) is 0.786. The maximum atomic E-state index is 12.8. The minimum Gasteiger partial charge on any atom is -0.480 e. The first-order valence-electron chi connectivity index (χ1n) is 7.58. The number of likely N-dealkylation sites (tertiary alicyclic amines) is 2. The molecule has 0 aromatic heterocycles. The molecule has 3 saturated heterocycles. The van der Waals surface area contributed by atoms with Gasteiger partial charge in [-0.3, -0.25) is 4.79 Å². The zero-order valence-electron chi connectivity index (χ0n) is 12.1. The van der Waals surface area contributed by atoms with Gasteiger partial charge in [0, 0.05) is 19.6 Å². The van der Waals surface area contributed by atoms with E-state index in [1.54, 1.807) is 4.90 Å². The Morgan fingerprint density at radius 2 is 2.00 bits per heavy atom. The Morgan fingerprint density at radius 1 is 1.24 bits per heavy atom. The maximum absolute atomic E-state index is 12.8. The van der Waals surface area contributed by atoms with E-state index >= 15 is 0 Å². The fourth-order valence-corrected chi connectivity index (χ4v) is 3.89. The predicted molar refractivity (Wildman–Crippen MR) is 73.5 cm³/mol. The topological polar surface area (TPSA) is 90.0 Å². The van der Waals surface area contributed by atoms with Crippen LogP contribution in [0.4, 0.5) is 4.79 Å². The van der Waals surface area contributed by atoms with Gasteiger partial charge in [0.1, 0.15) is 6.04 Å². The molecule has 21 heavy (non-hydrogen) atoms. The van der Waals surface area contributed by atoms with Crippen LogP contribution in [0.3, 0.4) is 0 Å². The first-order valence-corrected chi connectivity index (χ1v) is 7.58. The quantitative estimate of drug-likeness (QED) is 0.718. The molecule has 0 radical (unpaired) electrons. The third kappa shape index (κ3) is 2.24. The molecular formula is C14H21N3O4. The summed E-state index contributed by atoms with van der Waals surface area (Å²) < 4.78 is 0. The predicted octanol–water partition coefficient (Wildman–Crippen LogP) is 0.112. The van der Waals surface area contributed by atoms with E-state index in [1.807, 2.05) is 6.92 Å². The number of fused-ring (bicyclic) bond motifs is 1. The number of amides is 3. The third-order valence-electron chi connectivity index (χ3n) is 5.05. The van der Waals surface area contributed by atoms with Crippen molar-refractivity contribution in [3.63, 3.8) is 0 Å². The van der Waals surface area contributed by atoms with Gasteiger partial charge in [-0.2, -0.15) is 0 Å². The molecule has 3 heterocycles. The van der Waals surface area contributed by atoms with Crippen molar-refractivity contribution >= 4 is 17.9 Å². The summed E-state index contributed by atoms with van der Waals surface area (Å²) in [5.41, 5.74) is 0. The van der Waals surface area contributed by atoms with Crippen LogP contribution in [-0.2, 0) is 9.59 Å². The number of hydrogen-bond donors (Lipinski definition) is 2. The highest BCUT2D eigenvalue weighted by Crippen LogP contribution is 2.31. The van der Waals surface area contributed by atoms with E-state index in [0.717, 1.165) is 12.8 Å². The van der Waals surface area contributed by atoms with Crippen molar-refractivity contribution in [1.82, 2.24) is 15.1 Å². The summed E-state index contributed by atoms with van der Waals surface area (Å²) in [6.45, 7) is 3.43. The van der Waals surface area contributed by atoms with E-state index in [2.05, 4.69) is 5.32 Å². The monoisotopic (exact) mass is 295 g/mol. The Bertz CT molecular complexity index is 481. The Morgan fingerprint density at radius 3 is 2.71 bits per heavy atom. The second-order valence-electron chi connectivity index (χ2n) is 6.28. The van der Waals surface area contributed by atoms with E-state index in [-0.39, 0.29) is 29.8 Å². The third-order valence-corrected chi connectivity index (χ3v) is 5.05. The molecule has 7 nitrogen and oxygen atoms in total. The molecule has 0 spiro atoms. The summed E-state index contributed by atoms with van der Waals surface area (Å²) in [4.78, 5) is 39.1. The van der Waals surface area contributed by atoms with Crippen LogP contribution in [0.1, 0.15) is 26.2 Å². The molecule has 4 unspecified atom stereocenters. The van der Waals surface area contributed by atoms with E-state index in [4.69, 9.17) is 0 Å². The molecule has 3 aliphatic heterocycles. The number of nitrogens with zero attached hydrogens (tertiary/aromatic N) is 2. The standard InChI is InChI=1S/C14H21N3O4/c1-8-4-6-17(11(8)13(19)20)14(21)16-5-2-3-9-10(16)7-15-12(9)18/h8-11H,2-7H2,1H3,(H,15,18)(H,19,20). The van der Waals surface area contributed by atoms with Gasteiger partial charge in [-0.25, -0.2) is 9.59 Å². The van der Waals surface area contributed by atoms with Crippen LogP contribution in [-0.4, -0.2) is 64.5 Å². The molecule has 3 fully saturated rings. The minimum atomic E-state index is -0.942. The summed E-state index contributed by atoms with van der Waals surface area (Å²) in [5.74, 6) is -1.09. The Hall–Kier alpha value is -1.79. The second-order valence-corrected chi connectivity index (χ2v) is 6.28. The summed E-state index contributed by atoms with van der Waals surface area (Å²) >= 11 is 0. The molecule has 3 aliphatic rings. The van der Waals surface area contributed by atoms with Crippen LogP contribution in [0.25, 0.3) is 0 Å². The van der Waals surface area contributed by atoms with Crippen LogP contribution in [0.15, 0.2) is 0 Å². The van der Waals surface area contributed by atoms with E-state index in [9.17, 15) is 19.5 Å². The molecule has 3 amide bonds. The number of aliphatic carboxylic acids is 1. The van der Waals surface area contributed by atoms with Crippen LogP contribution < -0.4 is 5.32 Å². The lowest BCUT2D eigenvalue weighted by molar-refractivity contribution is -0.142. The average molecular weight is 295 g/mol. The number of urea groups is 1. The van der Waals surface area contributed by atoms with Crippen molar-refractivity contribution in [1.29, 1.82) is 0 Å². The van der Waals surface area contributed by atoms with E-state index in [1.165, 1.54) is 4.90 Å². The second kappa shape index (κ2) is 5.20. The van der Waals surface area contributed by atoms with Gasteiger partial charge in [0.15, 0.2) is 0 Å². The van der Waals surface area contributed by atoms with Gasteiger partial charge in [0.2, 0.25) is 5.91 Å². The Kier molecular flexibility index (Phi) is 3.51. The van der Waals surface area contributed by atoms with Crippen LogP contribution in [0.5, 0.6) is 0 Å². The van der Waals surface area contributed by atoms with Crippen LogP contribution >= 0.6 is 0 Å². The average Bonchev–Trinajstić information content (AvgIpc) is 3.02. The smallest absolute Gasteiger partial charge is 0.326 e. The van der Waals surface area contributed by atoms with Gasteiger partial charge < -0.3 is 20.2 Å². The zero-order valence-corrected chi connectivity index (χ0v) is 12.1. The largest absolute Gasteiger partial charge is 0.480 e. The van der Waals surface area contributed by atoms with Crippen molar-refractivity contribution in [2.75, 3.05) is 19.6 Å². The number of carboxylic acid groups (broad SMARTS) is 1. The Labute approximate surface area is 123 Å². The summed E-state index contributed by atoms with van der Waals surface area (Å²) in [5, 5.41) is 12.2. The van der Waals surface area contributed by atoms with Gasteiger partial charge in [-0.15, -0.1) is 0 Å². The van der Waals surface area contributed by atoms with Crippen molar-refractivity contribution < 1.29 is 19.5 Å². The number of carbonyl (C=O) groups is 3. The molecule has 0 aromatic rings. The highest BCUT2D eigenvalue weighted by atomic mass is 16.4. The van der Waals surface area contributed by atoms with Gasteiger partial charge >= 0.3 is 12.0 Å². The lowest BCUT2D eigenvalue weighted by Gasteiger charge is -2.39. The normalized spacial score (nSPS) is 35.6. The van der Waals surface area contributed by atoms with Gasteiger partial charge in [-0.05, 0) is 25.2 Å². The van der Waals surface area contributed by atoms with Crippen molar-refractivity contribution in [2.45, 2.75) is 38.3 Å². The summed E-state index contributed by atoms with van der Waals surface area (Å²) in [7, 11) is 0. The number of hydrogen-bond acceptors (Lipinski definition) is 3. The Balaban J connectivity index is 1.78. The first kappa shape index (κ1) is 14.2. The SMILES string of the molecule is CC1CCN(C(=O)N2CCCC3C(=O)NCC32)C1C(=O)O. The molecule has 116 valence electrons. The summed E-state index contributed by atoms with van der Waals surface area (Å²) in [6.07, 6.45) is 2.31. The number of nitrogens with one attached hydrogen (secondary N) is 1. The number of piperidine rings is 1. The van der Waals surface area contributed by atoms with Crippen molar-refractivity contribution in [2.24, 2.45) is 11.8 Å². The fourth-order valence-electron chi connectivity index (χ4n) is 3.89. The molecule has 4 atom stereocenters. The highest BCUT2D eigenvalue weighted by molar-refractivity contribution is 5.86. The van der Waals surface area contributed by atoms with Crippen LogP contribution in [0.2, 0.25) is 0 Å². The van der Waals surface area contributed by atoms with E-state index in [0.29, 0.717) is 26.1 Å². The van der Waals surface area contributed by atoms with Crippen LogP contribution in [0, 0.1) is 11.8 Å². The van der Waals surface area contributed by atoms with Crippen molar-refractivity contribution in [3.8, 4) is 0 Å². The lowest BCUT2D eigenvalue weighted by atomic mass is 9.92. The van der Waals surface area contributed by atoms with Crippen molar-refractivity contribution in [3.05, 3.63) is 0 Å². The van der Waals surface area contributed by atoms with Gasteiger partial charge in [0.25, 0.3) is 0 Å².